The summed E-state index contributed by atoms with van der Waals surface area (Å²) in [4.78, 5) is 10.9. The van der Waals surface area contributed by atoms with Crippen LogP contribution in [0.2, 0.25) is 0 Å². The van der Waals surface area contributed by atoms with Crippen LogP contribution in [0.4, 0.5) is 5.69 Å². The molecule has 0 aliphatic heterocycles. The molecule has 2 nitrogen and oxygen atoms in total. The van der Waals surface area contributed by atoms with Gasteiger partial charge in [0.25, 0.3) is 0 Å². The number of rotatable bonds is 4. The molecule has 0 saturated carbocycles. The Labute approximate surface area is 94.8 Å². The second-order valence-corrected chi connectivity index (χ2v) is 4.17. The summed E-state index contributed by atoms with van der Waals surface area (Å²) in [6.07, 6.45) is 3.55. The quantitative estimate of drug-likeness (QED) is 0.792. The summed E-state index contributed by atoms with van der Waals surface area (Å²) >= 11 is 1.53. The Bertz CT molecular complexity index is 385. The first-order valence-corrected chi connectivity index (χ1v) is 5.94. The topological polar surface area (TPSA) is 29.1 Å². The van der Waals surface area contributed by atoms with Crippen molar-refractivity contribution in [2.24, 2.45) is 0 Å². The number of benzene rings is 1. The molecule has 1 rings (SSSR count). The SMILES string of the molecule is CS/C(=C\C(C)=O)Nc1cccc(C)c1. The zero-order valence-electron chi connectivity index (χ0n) is 9.20. The lowest BCUT2D eigenvalue weighted by atomic mass is 10.2. The van der Waals surface area contributed by atoms with Gasteiger partial charge >= 0.3 is 0 Å². The minimum Gasteiger partial charge on any atom is -0.350 e. The molecule has 1 aromatic rings. The summed E-state index contributed by atoms with van der Waals surface area (Å²) in [6.45, 7) is 3.59. The Balaban J connectivity index is 2.80. The number of ketones is 1. The molecule has 0 heterocycles. The smallest absolute Gasteiger partial charge is 0.155 e. The zero-order chi connectivity index (χ0) is 11.3. The lowest BCUT2D eigenvalue weighted by molar-refractivity contribution is -0.112. The average Bonchev–Trinajstić information content (AvgIpc) is 2.16. The number of thioether (sulfide) groups is 1. The molecule has 0 fully saturated rings. The van der Waals surface area contributed by atoms with Crippen molar-refractivity contribution in [3.8, 4) is 0 Å². The summed E-state index contributed by atoms with van der Waals surface area (Å²) in [7, 11) is 0. The number of hydrogen-bond acceptors (Lipinski definition) is 3. The van der Waals surface area contributed by atoms with Gasteiger partial charge in [0.2, 0.25) is 0 Å². The second-order valence-electron chi connectivity index (χ2n) is 3.32. The van der Waals surface area contributed by atoms with Crippen molar-refractivity contribution < 1.29 is 4.79 Å². The summed E-state index contributed by atoms with van der Waals surface area (Å²) < 4.78 is 0. The molecule has 0 saturated heterocycles. The maximum atomic E-state index is 10.9. The van der Waals surface area contributed by atoms with Gasteiger partial charge in [0.05, 0.1) is 5.03 Å². The van der Waals surface area contributed by atoms with Crippen LogP contribution in [0.1, 0.15) is 12.5 Å². The van der Waals surface area contributed by atoms with Crippen LogP contribution in [0.3, 0.4) is 0 Å². The first kappa shape index (κ1) is 11.9. The number of carbonyl (C=O) groups excluding carboxylic acids is 1. The lowest BCUT2D eigenvalue weighted by Gasteiger charge is -2.08. The zero-order valence-corrected chi connectivity index (χ0v) is 10.0. The van der Waals surface area contributed by atoms with Crippen molar-refractivity contribution in [2.45, 2.75) is 13.8 Å². The molecule has 0 unspecified atom stereocenters. The lowest BCUT2D eigenvalue weighted by Crippen LogP contribution is -1.98. The Hall–Kier alpha value is -1.22. The third-order valence-electron chi connectivity index (χ3n) is 1.84. The number of aryl methyl sites for hydroxylation is 1. The van der Waals surface area contributed by atoms with Crippen molar-refractivity contribution in [1.82, 2.24) is 0 Å². The largest absolute Gasteiger partial charge is 0.350 e. The minimum absolute atomic E-state index is 0.0551. The van der Waals surface area contributed by atoms with Crippen LogP contribution in [0, 0.1) is 6.92 Å². The van der Waals surface area contributed by atoms with Crippen LogP contribution in [-0.2, 0) is 4.79 Å². The predicted molar refractivity (Wildman–Crippen MR) is 67.1 cm³/mol. The fourth-order valence-electron chi connectivity index (χ4n) is 1.20. The van der Waals surface area contributed by atoms with Crippen LogP contribution in [0.25, 0.3) is 0 Å². The van der Waals surface area contributed by atoms with E-state index in [4.69, 9.17) is 0 Å². The second kappa shape index (κ2) is 5.61. The molecule has 0 aliphatic carbocycles. The molecule has 0 atom stereocenters. The number of nitrogens with one attached hydrogen (secondary N) is 1. The van der Waals surface area contributed by atoms with Crippen LogP contribution in [0.15, 0.2) is 35.4 Å². The molecule has 0 amide bonds. The molecular weight excluding hydrogens is 206 g/mol. The monoisotopic (exact) mass is 221 g/mol. The molecule has 0 spiro atoms. The van der Waals surface area contributed by atoms with E-state index in [0.717, 1.165) is 10.7 Å². The summed E-state index contributed by atoms with van der Waals surface area (Å²) in [5, 5.41) is 4.07. The molecule has 1 aromatic carbocycles. The fraction of sp³-hybridized carbons (Fsp3) is 0.250. The molecule has 0 radical (unpaired) electrons. The van der Waals surface area contributed by atoms with Crippen molar-refractivity contribution in [3.63, 3.8) is 0 Å². The number of carbonyl (C=O) groups is 1. The third-order valence-corrected chi connectivity index (χ3v) is 2.50. The highest BCUT2D eigenvalue weighted by Gasteiger charge is 1.98. The van der Waals surface area contributed by atoms with Crippen molar-refractivity contribution in [3.05, 3.63) is 40.9 Å². The fourth-order valence-corrected chi connectivity index (χ4v) is 1.70. The van der Waals surface area contributed by atoms with E-state index < -0.39 is 0 Å². The van der Waals surface area contributed by atoms with E-state index in [1.165, 1.54) is 17.3 Å². The van der Waals surface area contributed by atoms with E-state index in [1.54, 1.807) is 13.0 Å². The first-order chi connectivity index (χ1) is 7.11. The molecule has 0 aromatic heterocycles. The van der Waals surface area contributed by atoms with Crippen LogP contribution in [-0.4, -0.2) is 12.0 Å². The molecule has 0 bridgehead atoms. The molecule has 0 aliphatic rings. The Morgan fingerprint density at radius 2 is 2.20 bits per heavy atom. The maximum Gasteiger partial charge on any atom is 0.155 e. The third kappa shape index (κ3) is 4.21. The van der Waals surface area contributed by atoms with Crippen molar-refractivity contribution >= 4 is 23.2 Å². The first-order valence-electron chi connectivity index (χ1n) is 4.72. The number of allylic oxidation sites excluding steroid dienone is 1. The maximum absolute atomic E-state index is 10.9. The summed E-state index contributed by atoms with van der Waals surface area (Å²) in [5.74, 6) is 0.0551. The van der Waals surface area contributed by atoms with Crippen LogP contribution in [0.5, 0.6) is 0 Å². The van der Waals surface area contributed by atoms with Crippen LogP contribution >= 0.6 is 11.8 Å². The van der Waals surface area contributed by atoms with E-state index in [2.05, 4.69) is 5.32 Å². The van der Waals surface area contributed by atoms with Gasteiger partial charge < -0.3 is 5.32 Å². The van der Waals surface area contributed by atoms with Gasteiger partial charge in [-0.25, -0.2) is 0 Å². The van der Waals surface area contributed by atoms with E-state index in [-0.39, 0.29) is 5.78 Å². The summed E-state index contributed by atoms with van der Waals surface area (Å²) in [6, 6.07) is 8.06. The van der Waals surface area contributed by atoms with Gasteiger partial charge in [-0.15, -0.1) is 11.8 Å². The van der Waals surface area contributed by atoms with Gasteiger partial charge in [0, 0.05) is 11.8 Å². The van der Waals surface area contributed by atoms with E-state index in [9.17, 15) is 4.79 Å². The Morgan fingerprint density at radius 1 is 1.47 bits per heavy atom. The highest BCUT2D eigenvalue weighted by molar-refractivity contribution is 8.02. The Morgan fingerprint density at radius 3 is 2.73 bits per heavy atom. The highest BCUT2D eigenvalue weighted by atomic mass is 32.2. The van der Waals surface area contributed by atoms with Gasteiger partial charge in [-0.2, -0.15) is 0 Å². The summed E-state index contributed by atoms with van der Waals surface area (Å²) in [5.41, 5.74) is 2.21. The van der Waals surface area contributed by atoms with Crippen LogP contribution < -0.4 is 5.32 Å². The van der Waals surface area contributed by atoms with E-state index >= 15 is 0 Å². The normalized spacial score (nSPS) is 11.3. The van der Waals surface area contributed by atoms with Crippen molar-refractivity contribution in [2.75, 3.05) is 11.6 Å². The molecule has 80 valence electrons. The minimum atomic E-state index is 0.0551. The number of anilines is 1. The molecule has 3 heteroatoms. The van der Waals surface area contributed by atoms with Crippen molar-refractivity contribution in [1.29, 1.82) is 0 Å². The highest BCUT2D eigenvalue weighted by Crippen LogP contribution is 2.17. The van der Waals surface area contributed by atoms with Gasteiger partial charge in [-0.1, -0.05) is 12.1 Å². The average molecular weight is 221 g/mol. The Kier molecular flexibility index (Phi) is 4.43. The van der Waals surface area contributed by atoms with Gasteiger partial charge in [0.15, 0.2) is 5.78 Å². The molecule has 1 N–H and O–H groups in total. The predicted octanol–water partition coefficient (Wildman–Crippen LogP) is 3.20. The van der Waals surface area contributed by atoms with Gasteiger partial charge in [0.1, 0.15) is 0 Å². The number of hydrogen-bond donors (Lipinski definition) is 1. The standard InChI is InChI=1S/C12H15NOS/c1-9-5-4-6-11(7-9)13-12(15-3)8-10(2)14/h4-8,13H,1-3H3/b12-8-. The van der Waals surface area contributed by atoms with E-state index in [1.807, 2.05) is 37.4 Å². The van der Waals surface area contributed by atoms with E-state index in [0.29, 0.717) is 0 Å². The van der Waals surface area contributed by atoms with Gasteiger partial charge in [-0.3, -0.25) is 4.79 Å². The molecule has 15 heavy (non-hydrogen) atoms. The molecular formula is C12H15NOS. The van der Waals surface area contributed by atoms with Gasteiger partial charge in [-0.05, 0) is 37.8 Å².